The second-order valence-electron chi connectivity index (χ2n) is 1.91. The number of ether oxygens (including phenoxy) is 3. The van der Waals surface area contributed by atoms with E-state index in [9.17, 15) is 9.59 Å². The molecule has 12 heavy (non-hydrogen) atoms. The molecular formula is C7H12O5. The Kier molecular flexibility index (Phi) is 6.00. The van der Waals surface area contributed by atoms with Gasteiger partial charge in [0.05, 0.1) is 0 Å². The second-order valence-corrected chi connectivity index (χ2v) is 1.91. The van der Waals surface area contributed by atoms with Gasteiger partial charge in [-0.3, -0.25) is 4.79 Å². The Morgan fingerprint density at radius 2 is 1.92 bits per heavy atom. The van der Waals surface area contributed by atoms with Crippen molar-refractivity contribution in [2.75, 3.05) is 20.0 Å². The van der Waals surface area contributed by atoms with E-state index in [0.717, 1.165) is 0 Å². The van der Waals surface area contributed by atoms with Crippen LogP contribution in [0.5, 0.6) is 0 Å². The van der Waals surface area contributed by atoms with Gasteiger partial charge in [-0.1, -0.05) is 0 Å². The summed E-state index contributed by atoms with van der Waals surface area (Å²) in [4.78, 5) is 20.9. The first-order valence-electron chi connectivity index (χ1n) is 3.53. The first kappa shape index (κ1) is 10.9. The Balaban J connectivity index is 3.28. The third-order valence-corrected chi connectivity index (χ3v) is 0.901. The van der Waals surface area contributed by atoms with E-state index >= 15 is 0 Å². The molecule has 0 fully saturated rings. The topological polar surface area (TPSA) is 61.8 Å². The monoisotopic (exact) mass is 176 g/mol. The first-order valence-corrected chi connectivity index (χ1v) is 3.53. The summed E-state index contributed by atoms with van der Waals surface area (Å²) in [5.74, 6) is -1.12. The van der Waals surface area contributed by atoms with Gasteiger partial charge >= 0.3 is 11.9 Å². The van der Waals surface area contributed by atoms with Crippen LogP contribution in [0.25, 0.3) is 0 Å². The van der Waals surface area contributed by atoms with Crippen molar-refractivity contribution in [1.82, 2.24) is 0 Å². The number of esters is 2. The van der Waals surface area contributed by atoms with Crippen LogP contribution >= 0.6 is 0 Å². The Hall–Kier alpha value is -1.10. The van der Waals surface area contributed by atoms with Crippen LogP contribution in [0.4, 0.5) is 0 Å². The standard InChI is InChI=1S/C7H12O5/c1-3-10-5-12-7(9)4-11-6(2)8/h3-5H2,1-2H3. The van der Waals surface area contributed by atoms with Crippen molar-refractivity contribution in [3.05, 3.63) is 0 Å². The van der Waals surface area contributed by atoms with E-state index in [2.05, 4.69) is 9.47 Å². The lowest BCUT2D eigenvalue weighted by Crippen LogP contribution is -2.16. The van der Waals surface area contributed by atoms with Crippen molar-refractivity contribution in [2.24, 2.45) is 0 Å². The normalized spacial score (nSPS) is 9.17. The van der Waals surface area contributed by atoms with Gasteiger partial charge in [-0.25, -0.2) is 4.79 Å². The fourth-order valence-electron chi connectivity index (χ4n) is 0.393. The summed E-state index contributed by atoms with van der Waals surface area (Å²) in [7, 11) is 0. The van der Waals surface area contributed by atoms with Gasteiger partial charge < -0.3 is 14.2 Å². The molecule has 5 heteroatoms. The van der Waals surface area contributed by atoms with E-state index in [0.29, 0.717) is 6.61 Å². The minimum absolute atomic E-state index is 0.101. The minimum atomic E-state index is -0.612. The van der Waals surface area contributed by atoms with E-state index in [1.165, 1.54) is 6.92 Å². The largest absolute Gasteiger partial charge is 0.454 e. The molecule has 0 aromatic heterocycles. The summed E-state index contributed by atoms with van der Waals surface area (Å²) >= 11 is 0. The molecular weight excluding hydrogens is 164 g/mol. The molecule has 0 aromatic carbocycles. The van der Waals surface area contributed by atoms with Crippen LogP contribution in [0.3, 0.4) is 0 Å². The van der Waals surface area contributed by atoms with E-state index in [4.69, 9.17) is 4.74 Å². The maximum Gasteiger partial charge on any atom is 0.346 e. The minimum Gasteiger partial charge on any atom is -0.454 e. The quantitative estimate of drug-likeness (QED) is 0.337. The molecule has 0 unspecified atom stereocenters. The Morgan fingerprint density at radius 3 is 2.42 bits per heavy atom. The average Bonchev–Trinajstić information content (AvgIpc) is 2.01. The van der Waals surface area contributed by atoms with Crippen LogP contribution < -0.4 is 0 Å². The molecule has 0 aliphatic heterocycles. The maximum atomic E-state index is 10.6. The van der Waals surface area contributed by atoms with E-state index in [-0.39, 0.29) is 13.4 Å². The zero-order chi connectivity index (χ0) is 9.40. The van der Waals surface area contributed by atoms with Crippen molar-refractivity contribution < 1.29 is 23.8 Å². The van der Waals surface area contributed by atoms with Crippen LogP contribution in [0.1, 0.15) is 13.8 Å². The molecule has 0 atom stereocenters. The van der Waals surface area contributed by atoms with Crippen molar-refractivity contribution in [2.45, 2.75) is 13.8 Å². The van der Waals surface area contributed by atoms with Crippen molar-refractivity contribution in [3.8, 4) is 0 Å². The predicted octanol–water partition coefficient (Wildman–Crippen LogP) is 0.0867. The maximum absolute atomic E-state index is 10.6. The van der Waals surface area contributed by atoms with Gasteiger partial charge in [-0.05, 0) is 6.92 Å². The third kappa shape index (κ3) is 7.01. The number of hydrogen-bond donors (Lipinski definition) is 0. The zero-order valence-corrected chi connectivity index (χ0v) is 7.16. The molecule has 0 spiro atoms. The van der Waals surface area contributed by atoms with Gasteiger partial charge in [0, 0.05) is 13.5 Å². The van der Waals surface area contributed by atoms with E-state index in [1.807, 2.05) is 0 Å². The average molecular weight is 176 g/mol. The number of hydrogen-bond acceptors (Lipinski definition) is 5. The Bertz CT molecular complexity index is 154. The molecule has 70 valence electrons. The smallest absolute Gasteiger partial charge is 0.346 e. The molecule has 0 aromatic rings. The van der Waals surface area contributed by atoms with Gasteiger partial charge in [0.15, 0.2) is 13.4 Å². The highest BCUT2D eigenvalue weighted by Gasteiger charge is 2.03. The number of rotatable bonds is 5. The van der Waals surface area contributed by atoms with Gasteiger partial charge in [0.1, 0.15) is 0 Å². The highest BCUT2D eigenvalue weighted by Crippen LogP contribution is 1.83. The molecule has 0 saturated carbocycles. The first-order chi connectivity index (χ1) is 5.66. The molecule has 0 amide bonds. The van der Waals surface area contributed by atoms with Gasteiger partial charge in [0.25, 0.3) is 0 Å². The van der Waals surface area contributed by atoms with Crippen LogP contribution in [-0.2, 0) is 23.8 Å². The molecule has 0 aliphatic rings. The molecule has 0 radical (unpaired) electrons. The number of carbonyl (C=O) groups excluding carboxylic acids is 2. The van der Waals surface area contributed by atoms with Gasteiger partial charge in [-0.15, -0.1) is 0 Å². The van der Waals surface area contributed by atoms with Crippen LogP contribution in [0.2, 0.25) is 0 Å². The fraction of sp³-hybridized carbons (Fsp3) is 0.714. The summed E-state index contributed by atoms with van der Waals surface area (Å²) in [5, 5.41) is 0. The van der Waals surface area contributed by atoms with Crippen molar-refractivity contribution in [1.29, 1.82) is 0 Å². The highest BCUT2D eigenvalue weighted by atomic mass is 16.7. The van der Waals surface area contributed by atoms with Gasteiger partial charge in [0.2, 0.25) is 0 Å². The highest BCUT2D eigenvalue weighted by molar-refractivity contribution is 5.75. The van der Waals surface area contributed by atoms with Gasteiger partial charge in [-0.2, -0.15) is 0 Å². The number of carbonyl (C=O) groups is 2. The molecule has 0 rings (SSSR count). The lowest BCUT2D eigenvalue weighted by molar-refractivity contribution is -0.166. The van der Waals surface area contributed by atoms with Crippen molar-refractivity contribution in [3.63, 3.8) is 0 Å². The molecule has 0 heterocycles. The molecule has 0 aliphatic carbocycles. The summed E-state index contributed by atoms with van der Waals surface area (Å²) in [6, 6.07) is 0. The molecule has 0 bridgehead atoms. The Morgan fingerprint density at radius 1 is 1.25 bits per heavy atom. The summed E-state index contributed by atoms with van der Waals surface area (Å²) in [6.45, 7) is 3.01. The lowest BCUT2D eigenvalue weighted by atomic mass is 10.7. The zero-order valence-electron chi connectivity index (χ0n) is 7.16. The predicted molar refractivity (Wildman–Crippen MR) is 39.2 cm³/mol. The lowest BCUT2D eigenvalue weighted by Gasteiger charge is -2.03. The second kappa shape index (κ2) is 6.60. The fourth-order valence-corrected chi connectivity index (χ4v) is 0.393. The van der Waals surface area contributed by atoms with Crippen LogP contribution in [0, 0.1) is 0 Å². The van der Waals surface area contributed by atoms with Crippen LogP contribution in [0.15, 0.2) is 0 Å². The van der Waals surface area contributed by atoms with Crippen LogP contribution in [-0.4, -0.2) is 31.9 Å². The summed E-state index contributed by atoms with van der Waals surface area (Å²) in [5.41, 5.74) is 0. The molecule has 0 saturated heterocycles. The van der Waals surface area contributed by atoms with E-state index < -0.39 is 11.9 Å². The SMILES string of the molecule is CCOCOC(=O)COC(C)=O. The van der Waals surface area contributed by atoms with E-state index in [1.54, 1.807) is 6.92 Å². The Labute approximate surface area is 70.6 Å². The molecule has 5 nitrogen and oxygen atoms in total. The third-order valence-electron chi connectivity index (χ3n) is 0.901. The van der Waals surface area contributed by atoms with Crippen molar-refractivity contribution >= 4 is 11.9 Å². The molecule has 0 N–H and O–H groups in total. The summed E-state index contributed by atoms with van der Waals surface area (Å²) < 4.78 is 13.6. The summed E-state index contributed by atoms with van der Waals surface area (Å²) in [6.07, 6.45) is 0.